The Morgan fingerprint density at radius 1 is 0.447 bits per heavy atom. The molecule has 0 aliphatic rings. The first-order valence-corrected chi connectivity index (χ1v) is 9.66. The predicted octanol–water partition coefficient (Wildman–Crippen LogP) is 6.77. The van der Waals surface area contributed by atoms with Crippen LogP contribution in [0.5, 0.6) is 0 Å². The second kappa shape index (κ2) is 9.35. The molecule has 0 aliphatic heterocycles. The Balaban J connectivity index is 6.85. The topological polar surface area (TPSA) is 66.8 Å². The third kappa shape index (κ3) is 5.10. The number of hydrogen-bond acceptors (Lipinski definition) is 2. The van der Waals surface area contributed by atoms with Gasteiger partial charge in [0, 0.05) is 6.42 Å². The zero-order chi connectivity index (χ0) is 31.6. The van der Waals surface area contributed by atoms with Crippen LogP contribution in [0.25, 0.3) is 0 Å². The zero-order valence-corrected chi connectivity index (χ0v) is 17.4. The van der Waals surface area contributed by atoms with E-state index >= 15 is 0 Å². The van der Waals surface area contributed by atoms with E-state index in [1.54, 1.807) is 0 Å². The predicted molar refractivity (Wildman–Crippen MR) is 73.2 cm³/mol. The second-order valence-electron chi connectivity index (χ2n) is 6.87. The first-order chi connectivity index (χ1) is 16.0. The molecule has 0 aromatic carbocycles. The van der Waals surface area contributed by atoms with Gasteiger partial charge in [-0.05, 0) is 0 Å². The molecule has 0 aliphatic carbocycles. The summed E-state index contributed by atoms with van der Waals surface area (Å²) >= 11 is 0. The lowest BCUT2D eigenvalue weighted by Gasteiger charge is -2.44. The number of halogens is 21. The van der Waals surface area contributed by atoms with Gasteiger partial charge < -0.3 is 9.79 Å². The molecule has 38 heavy (non-hydrogen) atoms. The van der Waals surface area contributed by atoms with E-state index in [0.29, 0.717) is 0 Å². The highest BCUT2D eigenvalue weighted by Crippen LogP contribution is 2.66. The third-order valence-electron chi connectivity index (χ3n) is 4.25. The van der Waals surface area contributed by atoms with Gasteiger partial charge in [0.2, 0.25) is 0 Å². The number of alkyl halides is 21. The largest absolute Gasteiger partial charge is 0.469 e. The molecule has 0 saturated heterocycles. The summed E-state index contributed by atoms with van der Waals surface area (Å²) in [6.45, 7) is -2.52. The molecule has 0 fully saturated rings. The van der Waals surface area contributed by atoms with Gasteiger partial charge in [0.05, 0.1) is 6.61 Å². The Morgan fingerprint density at radius 2 is 0.684 bits per heavy atom. The first kappa shape index (κ1) is 36.6. The summed E-state index contributed by atoms with van der Waals surface area (Å²) in [7, 11) is -5.92. The molecule has 26 heteroatoms. The van der Waals surface area contributed by atoms with Crippen molar-refractivity contribution >= 4 is 7.82 Å². The molecule has 0 amide bonds. The maximum Gasteiger partial charge on any atom is 0.469 e. The summed E-state index contributed by atoms with van der Waals surface area (Å²) in [6, 6.07) is 0. The molecule has 0 radical (unpaired) electrons. The molecule has 230 valence electrons. The lowest BCUT2D eigenvalue weighted by atomic mass is 9.86. The van der Waals surface area contributed by atoms with Crippen LogP contribution in [0, 0.1) is 0 Å². The van der Waals surface area contributed by atoms with Gasteiger partial charge in [-0.15, -0.1) is 0 Å². The van der Waals surface area contributed by atoms with E-state index < -0.39 is 80.3 Å². The van der Waals surface area contributed by atoms with Gasteiger partial charge in [-0.1, -0.05) is 0 Å². The van der Waals surface area contributed by atoms with Crippen molar-refractivity contribution in [3.8, 4) is 0 Å². The molecule has 0 aromatic rings. The lowest BCUT2D eigenvalue weighted by Crippen LogP contribution is -2.76. The molecule has 4 nitrogen and oxygen atoms in total. The summed E-state index contributed by atoms with van der Waals surface area (Å²) < 4.78 is 288. The fraction of sp³-hybridized carbons (Fsp3) is 1.00. The van der Waals surface area contributed by atoms with Gasteiger partial charge in [0.25, 0.3) is 0 Å². The van der Waals surface area contributed by atoms with Crippen LogP contribution in [0.1, 0.15) is 6.42 Å². The maximum atomic E-state index is 13.5. The molecule has 0 saturated carbocycles. The van der Waals surface area contributed by atoms with E-state index in [4.69, 9.17) is 9.79 Å². The smallest absolute Gasteiger partial charge is 0.303 e. The standard InChI is InChI=1S/C12H6F21O4P/c13-3(14,1-2-37-38(34,35)36)4(15,16)5(17,18)6(19,20)7(21,22)8(23,24)9(25,26)10(27,28)11(29,30)12(31,32)33/h1-2H2,(H2,34,35,36). The monoisotopic (exact) mass is 644 g/mol. The minimum atomic E-state index is -9.26. The molecule has 0 spiro atoms. The molecule has 2 N–H and O–H groups in total. The summed E-state index contributed by atoms with van der Waals surface area (Å²) in [6.07, 6.45) is -11.3. The Hall–Kier alpha value is -1.36. The Bertz CT molecular complexity index is 902. The van der Waals surface area contributed by atoms with Gasteiger partial charge >= 0.3 is 67.3 Å². The molecule has 0 rings (SSSR count). The highest BCUT2D eigenvalue weighted by atomic mass is 31.2. The average molecular weight is 644 g/mol. The highest BCUT2D eigenvalue weighted by molar-refractivity contribution is 7.46. The molecule has 0 unspecified atom stereocenters. The van der Waals surface area contributed by atoms with Crippen molar-refractivity contribution in [1.82, 2.24) is 0 Å². The average Bonchev–Trinajstić information content (AvgIpc) is 2.64. The van der Waals surface area contributed by atoms with E-state index in [2.05, 4.69) is 4.52 Å². The Kier molecular flexibility index (Phi) is 9.01. The SMILES string of the molecule is O=P(O)(O)OCCC(F)(F)C(F)(F)C(F)(F)C(F)(F)C(F)(F)C(F)(F)C(F)(F)C(F)(F)C(F)(F)C(F)(F)F. The molecule has 0 heterocycles. The Morgan fingerprint density at radius 3 is 0.921 bits per heavy atom. The van der Waals surface area contributed by atoms with Crippen molar-refractivity contribution in [3.05, 3.63) is 0 Å². The molecule has 0 bridgehead atoms. The number of phosphoric ester groups is 1. The minimum absolute atomic E-state index is 2.52. The van der Waals surface area contributed by atoms with Crippen molar-refractivity contribution in [2.45, 2.75) is 65.9 Å². The van der Waals surface area contributed by atoms with Crippen molar-refractivity contribution < 1.29 is 111 Å². The van der Waals surface area contributed by atoms with Gasteiger partial charge in [-0.2, -0.15) is 92.2 Å². The van der Waals surface area contributed by atoms with Crippen LogP contribution >= 0.6 is 7.82 Å². The van der Waals surface area contributed by atoms with Crippen LogP contribution in [0.4, 0.5) is 92.2 Å². The quantitative estimate of drug-likeness (QED) is 0.182. The lowest BCUT2D eigenvalue weighted by molar-refractivity contribution is -0.474. The van der Waals surface area contributed by atoms with Crippen LogP contribution in [0.2, 0.25) is 0 Å². The van der Waals surface area contributed by atoms with E-state index in [1.165, 1.54) is 0 Å². The van der Waals surface area contributed by atoms with Crippen LogP contribution in [-0.2, 0) is 9.09 Å². The molecular weight excluding hydrogens is 638 g/mol. The summed E-state index contributed by atoms with van der Waals surface area (Å²) in [4.78, 5) is 16.2. The van der Waals surface area contributed by atoms with Crippen molar-refractivity contribution in [2.75, 3.05) is 6.61 Å². The fourth-order valence-electron chi connectivity index (χ4n) is 2.04. The molecular formula is C12H6F21O4P. The van der Waals surface area contributed by atoms with E-state index in [0.717, 1.165) is 0 Å². The van der Waals surface area contributed by atoms with Crippen molar-refractivity contribution in [1.29, 1.82) is 0 Å². The highest BCUT2D eigenvalue weighted by Gasteiger charge is 2.97. The molecule has 0 aromatic heterocycles. The summed E-state index contributed by atoms with van der Waals surface area (Å²) in [5, 5.41) is 0. The van der Waals surface area contributed by atoms with Crippen LogP contribution in [0.3, 0.4) is 0 Å². The van der Waals surface area contributed by atoms with Gasteiger partial charge in [-0.3, -0.25) is 4.52 Å². The maximum absolute atomic E-state index is 13.5. The van der Waals surface area contributed by atoms with E-state index in [9.17, 15) is 96.8 Å². The second-order valence-corrected chi connectivity index (χ2v) is 8.11. The number of hydrogen-bond donors (Lipinski definition) is 2. The molecule has 0 atom stereocenters. The first-order valence-electron chi connectivity index (χ1n) is 8.13. The minimum Gasteiger partial charge on any atom is -0.303 e. The van der Waals surface area contributed by atoms with E-state index in [-0.39, 0.29) is 0 Å². The number of rotatable bonds is 12. The van der Waals surface area contributed by atoms with E-state index in [1.807, 2.05) is 0 Å². The van der Waals surface area contributed by atoms with Gasteiger partial charge in [0.15, 0.2) is 0 Å². The summed E-state index contributed by atoms with van der Waals surface area (Å²) in [5.74, 6) is -78.1. The number of phosphoric acid groups is 1. The zero-order valence-electron chi connectivity index (χ0n) is 16.5. The van der Waals surface area contributed by atoms with Gasteiger partial charge in [-0.25, -0.2) is 4.57 Å². The fourth-order valence-corrected chi connectivity index (χ4v) is 2.37. The van der Waals surface area contributed by atoms with Crippen LogP contribution in [-0.4, -0.2) is 75.9 Å². The van der Waals surface area contributed by atoms with Crippen LogP contribution < -0.4 is 0 Å². The van der Waals surface area contributed by atoms with Crippen LogP contribution in [0.15, 0.2) is 0 Å². The van der Waals surface area contributed by atoms with Gasteiger partial charge in [0.1, 0.15) is 0 Å². The third-order valence-corrected chi connectivity index (χ3v) is 4.77. The summed E-state index contributed by atoms with van der Waals surface area (Å²) in [5.41, 5.74) is 0. The van der Waals surface area contributed by atoms with Crippen molar-refractivity contribution in [3.63, 3.8) is 0 Å². The van der Waals surface area contributed by atoms with Crippen molar-refractivity contribution in [2.24, 2.45) is 0 Å². The Labute approximate surface area is 192 Å². The normalized spacial score (nSPS) is 16.7.